The zero-order valence-corrected chi connectivity index (χ0v) is 10.3. The number of allylic oxidation sites excluding steroid dienone is 1. The first kappa shape index (κ1) is 11.5. The van der Waals surface area contributed by atoms with Crippen molar-refractivity contribution < 1.29 is 0 Å². The van der Waals surface area contributed by atoms with E-state index >= 15 is 0 Å². The van der Waals surface area contributed by atoms with Gasteiger partial charge in [0.1, 0.15) is 0 Å². The zero-order valence-electron chi connectivity index (χ0n) is 10.3. The lowest BCUT2D eigenvalue weighted by Crippen LogP contribution is -2.36. The van der Waals surface area contributed by atoms with Gasteiger partial charge in [-0.1, -0.05) is 40.2 Å². The van der Waals surface area contributed by atoms with Crippen LogP contribution in [0.5, 0.6) is 0 Å². The van der Waals surface area contributed by atoms with E-state index < -0.39 is 0 Å². The van der Waals surface area contributed by atoms with Crippen LogP contribution in [0, 0.1) is 17.3 Å². The average molecular weight is 193 g/mol. The van der Waals surface area contributed by atoms with E-state index in [1.54, 1.807) is 0 Å². The molecule has 0 amide bonds. The van der Waals surface area contributed by atoms with Gasteiger partial charge < -0.3 is 0 Å². The molecule has 2 atom stereocenters. The Morgan fingerprint density at radius 3 is 2.21 bits per heavy atom. The van der Waals surface area contributed by atoms with Crippen LogP contribution in [0.15, 0.2) is 16.6 Å². The molecule has 1 rings (SSSR count). The Balaban J connectivity index is 2.98. The molecule has 0 radical (unpaired) electrons. The fourth-order valence-corrected chi connectivity index (χ4v) is 2.47. The Kier molecular flexibility index (Phi) is 3.18. The molecule has 0 aromatic heterocycles. The average Bonchev–Trinajstić information content (AvgIpc) is 2.01. The van der Waals surface area contributed by atoms with E-state index in [0.717, 1.165) is 0 Å². The summed E-state index contributed by atoms with van der Waals surface area (Å²) >= 11 is 0. The molecule has 1 heteroatoms. The van der Waals surface area contributed by atoms with Gasteiger partial charge in [0, 0.05) is 12.1 Å². The first-order valence-corrected chi connectivity index (χ1v) is 5.54. The summed E-state index contributed by atoms with van der Waals surface area (Å²) < 4.78 is 0. The molecule has 0 bridgehead atoms. The highest BCUT2D eigenvalue weighted by molar-refractivity contribution is 5.73. The van der Waals surface area contributed by atoms with Crippen molar-refractivity contribution in [1.29, 1.82) is 0 Å². The van der Waals surface area contributed by atoms with Crippen molar-refractivity contribution in [3.05, 3.63) is 11.6 Å². The van der Waals surface area contributed by atoms with Gasteiger partial charge in [-0.2, -0.15) is 0 Å². The summed E-state index contributed by atoms with van der Waals surface area (Å²) in [5.41, 5.74) is 1.79. The van der Waals surface area contributed by atoms with Gasteiger partial charge in [0.15, 0.2) is 0 Å². The van der Waals surface area contributed by atoms with E-state index in [1.807, 2.05) is 6.21 Å². The molecule has 0 saturated carbocycles. The van der Waals surface area contributed by atoms with Crippen LogP contribution in [-0.2, 0) is 0 Å². The zero-order chi connectivity index (χ0) is 10.9. The van der Waals surface area contributed by atoms with E-state index in [9.17, 15) is 0 Å². The van der Waals surface area contributed by atoms with Crippen molar-refractivity contribution in [2.45, 2.75) is 47.6 Å². The summed E-state index contributed by atoms with van der Waals surface area (Å²) in [6.07, 6.45) is 4.14. The van der Waals surface area contributed by atoms with E-state index in [0.29, 0.717) is 23.3 Å². The first-order chi connectivity index (χ1) is 6.34. The Morgan fingerprint density at radius 1 is 1.29 bits per heavy atom. The van der Waals surface area contributed by atoms with Crippen molar-refractivity contribution in [3.63, 3.8) is 0 Å². The molecule has 0 spiro atoms. The lowest BCUT2D eigenvalue weighted by Gasteiger charge is -2.39. The van der Waals surface area contributed by atoms with Gasteiger partial charge in [0.05, 0.1) is 6.04 Å². The third kappa shape index (κ3) is 2.26. The molecule has 1 aliphatic heterocycles. The van der Waals surface area contributed by atoms with Crippen LogP contribution < -0.4 is 0 Å². The molecule has 80 valence electrons. The maximum Gasteiger partial charge on any atom is 0.0592 e. The molecule has 1 nitrogen and oxygen atoms in total. The van der Waals surface area contributed by atoms with E-state index in [2.05, 4.69) is 52.6 Å². The van der Waals surface area contributed by atoms with Crippen LogP contribution in [0.2, 0.25) is 0 Å². The van der Waals surface area contributed by atoms with Crippen LogP contribution in [0.25, 0.3) is 0 Å². The molecule has 0 saturated heterocycles. The van der Waals surface area contributed by atoms with Crippen molar-refractivity contribution in [2.75, 3.05) is 0 Å². The normalized spacial score (nSPS) is 28.1. The Hall–Kier alpha value is -0.590. The molecule has 2 unspecified atom stereocenters. The van der Waals surface area contributed by atoms with Gasteiger partial charge in [0.2, 0.25) is 0 Å². The van der Waals surface area contributed by atoms with Crippen LogP contribution >= 0.6 is 0 Å². The molecule has 0 aromatic rings. The standard InChI is InChI=1S/C13H23N/c1-9(2)12-11(13(4,5)6)10(3)7-8-14-12/h7-9,11-12H,1-6H3. The molecule has 0 N–H and O–H groups in total. The highest BCUT2D eigenvalue weighted by Crippen LogP contribution is 2.39. The number of aliphatic imine (C=N–C) groups is 1. The summed E-state index contributed by atoms with van der Waals surface area (Å²) in [5, 5.41) is 0. The molecule has 0 fully saturated rings. The smallest absolute Gasteiger partial charge is 0.0592 e. The number of hydrogen-bond acceptors (Lipinski definition) is 1. The Morgan fingerprint density at radius 2 is 1.86 bits per heavy atom. The van der Waals surface area contributed by atoms with Crippen molar-refractivity contribution in [3.8, 4) is 0 Å². The quantitative estimate of drug-likeness (QED) is 0.602. The van der Waals surface area contributed by atoms with Gasteiger partial charge in [0.25, 0.3) is 0 Å². The minimum Gasteiger partial charge on any atom is -0.289 e. The topological polar surface area (TPSA) is 12.4 Å². The number of hydrogen-bond donors (Lipinski definition) is 0. The molecular weight excluding hydrogens is 170 g/mol. The summed E-state index contributed by atoms with van der Waals surface area (Å²) in [6, 6.07) is 0.458. The Labute approximate surface area is 88.3 Å². The van der Waals surface area contributed by atoms with E-state index in [-0.39, 0.29) is 0 Å². The lowest BCUT2D eigenvalue weighted by molar-refractivity contribution is 0.208. The maximum absolute atomic E-state index is 4.63. The van der Waals surface area contributed by atoms with Gasteiger partial charge in [-0.25, -0.2) is 0 Å². The summed E-state index contributed by atoms with van der Waals surface area (Å²) in [5.74, 6) is 1.21. The number of rotatable bonds is 1. The van der Waals surface area contributed by atoms with Crippen molar-refractivity contribution in [2.24, 2.45) is 22.2 Å². The predicted molar refractivity (Wildman–Crippen MR) is 63.8 cm³/mol. The van der Waals surface area contributed by atoms with Gasteiger partial charge in [-0.3, -0.25) is 4.99 Å². The largest absolute Gasteiger partial charge is 0.289 e. The Bertz CT molecular complexity index is 253. The first-order valence-electron chi connectivity index (χ1n) is 5.54. The van der Waals surface area contributed by atoms with Gasteiger partial charge in [-0.15, -0.1) is 0 Å². The SMILES string of the molecule is CC1=CC=NC(C(C)C)C1C(C)(C)C. The van der Waals surface area contributed by atoms with Gasteiger partial charge >= 0.3 is 0 Å². The summed E-state index contributed by atoms with van der Waals surface area (Å²) in [7, 11) is 0. The molecular formula is C13H23N. The predicted octanol–water partition coefficient (Wildman–Crippen LogP) is 3.70. The maximum atomic E-state index is 4.63. The molecule has 1 aliphatic rings. The van der Waals surface area contributed by atoms with Crippen LogP contribution in [0.1, 0.15) is 41.5 Å². The van der Waals surface area contributed by atoms with E-state index in [4.69, 9.17) is 0 Å². The monoisotopic (exact) mass is 193 g/mol. The second kappa shape index (κ2) is 3.88. The highest BCUT2D eigenvalue weighted by Gasteiger charge is 2.35. The fraction of sp³-hybridized carbons (Fsp3) is 0.769. The fourth-order valence-electron chi connectivity index (χ4n) is 2.47. The van der Waals surface area contributed by atoms with Gasteiger partial charge in [-0.05, 0) is 24.3 Å². The number of nitrogens with zero attached hydrogens (tertiary/aromatic N) is 1. The third-order valence-corrected chi connectivity index (χ3v) is 3.04. The van der Waals surface area contributed by atoms with Crippen LogP contribution in [-0.4, -0.2) is 12.3 Å². The summed E-state index contributed by atoms with van der Waals surface area (Å²) in [4.78, 5) is 4.63. The second-order valence-electron chi connectivity index (χ2n) is 5.79. The number of dihydropyridines is 1. The molecule has 0 aliphatic carbocycles. The minimum atomic E-state index is 0.313. The van der Waals surface area contributed by atoms with E-state index in [1.165, 1.54) is 5.57 Å². The van der Waals surface area contributed by atoms with Crippen molar-refractivity contribution >= 4 is 6.21 Å². The van der Waals surface area contributed by atoms with Crippen LogP contribution in [0.3, 0.4) is 0 Å². The second-order valence-corrected chi connectivity index (χ2v) is 5.79. The minimum absolute atomic E-state index is 0.313. The highest BCUT2D eigenvalue weighted by atomic mass is 14.8. The molecule has 0 aromatic carbocycles. The lowest BCUT2D eigenvalue weighted by atomic mass is 9.69. The molecule has 14 heavy (non-hydrogen) atoms. The van der Waals surface area contributed by atoms with Crippen molar-refractivity contribution in [1.82, 2.24) is 0 Å². The summed E-state index contributed by atoms with van der Waals surface area (Å²) in [6.45, 7) is 13.7. The van der Waals surface area contributed by atoms with Crippen LogP contribution in [0.4, 0.5) is 0 Å². The molecule has 1 heterocycles. The third-order valence-electron chi connectivity index (χ3n) is 3.04.